The van der Waals surface area contributed by atoms with Crippen LogP contribution < -0.4 is 0 Å². The SMILES string of the molecule is C1=CC2=C(N=Cc3ccccc3)c3ccccc3C2C=C1. The Bertz CT molecular complexity index is 792. The minimum Gasteiger partial charge on any atom is -0.255 e. The Balaban J connectivity index is 1.81. The van der Waals surface area contributed by atoms with Gasteiger partial charge in [0, 0.05) is 17.7 Å². The molecule has 1 unspecified atom stereocenters. The molecule has 0 saturated heterocycles. The zero-order chi connectivity index (χ0) is 14.1. The van der Waals surface area contributed by atoms with Gasteiger partial charge in [-0.05, 0) is 16.7 Å². The summed E-state index contributed by atoms with van der Waals surface area (Å²) in [4.78, 5) is 4.79. The lowest BCUT2D eigenvalue weighted by Gasteiger charge is -2.11. The van der Waals surface area contributed by atoms with Crippen LogP contribution >= 0.6 is 0 Å². The fraction of sp³-hybridized carbons (Fsp3) is 0.0500. The summed E-state index contributed by atoms with van der Waals surface area (Å²) in [6, 6.07) is 18.8. The van der Waals surface area contributed by atoms with E-state index in [-0.39, 0.29) is 0 Å². The lowest BCUT2D eigenvalue weighted by molar-refractivity contribution is 1.05. The second-order valence-corrected chi connectivity index (χ2v) is 5.28. The van der Waals surface area contributed by atoms with Crippen molar-refractivity contribution in [1.29, 1.82) is 0 Å². The number of fused-ring (bicyclic) bond motifs is 3. The van der Waals surface area contributed by atoms with Gasteiger partial charge < -0.3 is 0 Å². The molecule has 1 atom stereocenters. The van der Waals surface area contributed by atoms with Crippen molar-refractivity contribution in [1.82, 2.24) is 0 Å². The smallest absolute Gasteiger partial charge is 0.0746 e. The predicted molar refractivity (Wildman–Crippen MR) is 88.4 cm³/mol. The minimum absolute atomic E-state index is 0.356. The first-order valence-electron chi connectivity index (χ1n) is 7.21. The molecule has 0 aliphatic heterocycles. The topological polar surface area (TPSA) is 12.4 Å². The molecule has 0 heterocycles. The summed E-state index contributed by atoms with van der Waals surface area (Å²) >= 11 is 0. The zero-order valence-electron chi connectivity index (χ0n) is 11.6. The van der Waals surface area contributed by atoms with Gasteiger partial charge in [-0.25, -0.2) is 0 Å². The number of nitrogens with zero attached hydrogens (tertiary/aromatic N) is 1. The largest absolute Gasteiger partial charge is 0.255 e. The maximum atomic E-state index is 4.79. The summed E-state index contributed by atoms with van der Waals surface area (Å²) in [7, 11) is 0. The molecule has 0 saturated carbocycles. The Morgan fingerprint density at radius 2 is 1.67 bits per heavy atom. The Labute approximate surface area is 124 Å². The highest BCUT2D eigenvalue weighted by atomic mass is 14.8. The van der Waals surface area contributed by atoms with E-state index in [2.05, 4.69) is 60.7 Å². The number of aliphatic imine (C=N–C) groups is 1. The molecular weight excluding hydrogens is 254 g/mol. The highest BCUT2D eigenvalue weighted by molar-refractivity contribution is 5.90. The molecule has 0 spiro atoms. The molecule has 1 nitrogen and oxygen atoms in total. The molecule has 0 aromatic heterocycles. The van der Waals surface area contributed by atoms with Crippen molar-refractivity contribution < 1.29 is 0 Å². The van der Waals surface area contributed by atoms with Crippen LogP contribution in [0.15, 0.2) is 89.5 Å². The van der Waals surface area contributed by atoms with E-state index in [1.165, 1.54) is 16.7 Å². The van der Waals surface area contributed by atoms with Crippen molar-refractivity contribution >= 4 is 11.9 Å². The summed E-state index contributed by atoms with van der Waals surface area (Å²) < 4.78 is 0. The molecule has 2 aliphatic carbocycles. The average Bonchev–Trinajstić information content (AvgIpc) is 2.88. The van der Waals surface area contributed by atoms with E-state index in [0.29, 0.717) is 5.92 Å². The van der Waals surface area contributed by atoms with Gasteiger partial charge in [0.1, 0.15) is 0 Å². The Morgan fingerprint density at radius 1 is 0.857 bits per heavy atom. The maximum absolute atomic E-state index is 4.79. The van der Waals surface area contributed by atoms with Crippen LogP contribution in [0.5, 0.6) is 0 Å². The molecule has 2 aromatic rings. The second-order valence-electron chi connectivity index (χ2n) is 5.28. The van der Waals surface area contributed by atoms with Crippen LogP contribution in [0.3, 0.4) is 0 Å². The Morgan fingerprint density at radius 3 is 2.57 bits per heavy atom. The van der Waals surface area contributed by atoms with E-state index >= 15 is 0 Å². The van der Waals surface area contributed by atoms with E-state index in [4.69, 9.17) is 4.99 Å². The number of hydrogen-bond acceptors (Lipinski definition) is 1. The zero-order valence-corrected chi connectivity index (χ0v) is 11.6. The molecule has 2 aliphatic rings. The van der Waals surface area contributed by atoms with Gasteiger partial charge in [0.15, 0.2) is 0 Å². The second kappa shape index (κ2) is 5.02. The van der Waals surface area contributed by atoms with E-state index in [1.807, 2.05) is 24.4 Å². The van der Waals surface area contributed by atoms with E-state index in [0.717, 1.165) is 11.3 Å². The quantitative estimate of drug-likeness (QED) is 0.698. The fourth-order valence-corrected chi connectivity index (χ4v) is 3.00. The van der Waals surface area contributed by atoms with E-state index < -0.39 is 0 Å². The first-order valence-corrected chi connectivity index (χ1v) is 7.21. The summed E-state index contributed by atoms with van der Waals surface area (Å²) in [6.45, 7) is 0. The van der Waals surface area contributed by atoms with Crippen molar-refractivity contribution in [3.05, 3.63) is 101 Å². The van der Waals surface area contributed by atoms with Gasteiger partial charge in [-0.1, -0.05) is 78.9 Å². The van der Waals surface area contributed by atoms with Gasteiger partial charge >= 0.3 is 0 Å². The Hall–Kier alpha value is -2.67. The number of allylic oxidation sites excluding steroid dienone is 5. The molecule has 0 N–H and O–H groups in total. The third kappa shape index (κ3) is 2.07. The lowest BCUT2D eigenvalue weighted by atomic mass is 9.92. The molecule has 0 bridgehead atoms. The highest BCUT2D eigenvalue weighted by Crippen LogP contribution is 2.45. The van der Waals surface area contributed by atoms with Gasteiger partial charge in [0.2, 0.25) is 0 Å². The molecule has 0 amide bonds. The highest BCUT2D eigenvalue weighted by Gasteiger charge is 2.28. The first-order chi connectivity index (χ1) is 10.4. The summed E-state index contributed by atoms with van der Waals surface area (Å²) in [5, 5.41) is 0. The van der Waals surface area contributed by atoms with Crippen LogP contribution in [0.4, 0.5) is 0 Å². The molecule has 100 valence electrons. The fourth-order valence-electron chi connectivity index (χ4n) is 3.00. The third-order valence-electron chi connectivity index (χ3n) is 3.99. The van der Waals surface area contributed by atoms with E-state index in [9.17, 15) is 0 Å². The monoisotopic (exact) mass is 269 g/mol. The van der Waals surface area contributed by atoms with Crippen LogP contribution in [0.2, 0.25) is 0 Å². The van der Waals surface area contributed by atoms with Crippen molar-refractivity contribution in [2.45, 2.75) is 5.92 Å². The van der Waals surface area contributed by atoms with Crippen LogP contribution in [-0.4, -0.2) is 6.21 Å². The minimum atomic E-state index is 0.356. The number of rotatable bonds is 2. The van der Waals surface area contributed by atoms with Crippen LogP contribution in [-0.2, 0) is 0 Å². The van der Waals surface area contributed by atoms with Crippen LogP contribution in [0, 0.1) is 0 Å². The summed E-state index contributed by atoms with van der Waals surface area (Å²) in [5.41, 5.74) is 6.13. The molecule has 21 heavy (non-hydrogen) atoms. The third-order valence-corrected chi connectivity index (χ3v) is 3.99. The normalized spacial score (nSPS) is 19.1. The first kappa shape index (κ1) is 12.1. The molecule has 4 rings (SSSR count). The molecule has 0 fully saturated rings. The predicted octanol–water partition coefficient (Wildman–Crippen LogP) is 4.74. The number of hydrogen-bond donors (Lipinski definition) is 0. The standard InChI is InChI=1S/C20H15N/c1-2-8-15(9-3-1)14-21-20-18-12-6-4-10-16(18)17-11-5-7-13-19(17)20/h1-14,16H. The van der Waals surface area contributed by atoms with Crippen molar-refractivity contribution in [3.8, 4) is 0 Å². The van der Waals surface area contributed by atoms with Crippen molar-refractivity contribution in [2.24, 2.45) is 4.99 Å². The maximum Gasteiger partial charge on any atom is 0.0746 e. The van der Waals surface area contributed by atoms with Gasteiger partial charge in [-0.2, -0.15) is 0 Å². The van der Waals surface area contributed by atoms with Crippen molar-refractivity contribution in [2.75, 3.05) is 0 Å². The lowest BCUT2D eigenvalue weighted by Crippen LogP contribution is -1.95. The van der Waals surface area contributed by atoms with Gasteiger partial charge in [0.25, 0.3) is 0 Å². The molecule has 2 aromatic carbocycles. The van der Waals surface area contributed by atoms with Gasteiger partial charge in [0.05, 0.1) is 5.70 Å². The summed E-state index contributed by atoms with van der Waals surface area (Å²) in [5.74, 6) is 0.356. The van der Waals surface area contributed by atoms with E-state index in [1.54, 1.807) is 0 Å². The van der Waals surface area contributed by atoms with Crippen LogP contribution in [0.25, 0.3) is 5.70 Å². The van der Waals surface area contributed by atoms with Gasteiger partial charge in [-0.15, -0.1) is 0 Å². The van der Waals surface area contributed by atoms with Crippen molar-refractivity contribution in [3.63, 3.8) is 0 Å². The van der Waals surface area contributed by atoms with Gasteiger partial charge in [-0.3, -0.25) is 4.99 Å². The average molecular weight is 269 g/mol. The Kier molecular flexibility index (Phi) is 2.89. The number of benzene rings is 2. The molecule has 1 heteroatoms. The van der Waals surface area contributed by atoms with Crippen LogP contribution in [0.1, 0.15) is 22.6 Å². The summed E-state index contributed by atoms with van der Waals surface area (Å²) in [6.07, 6.45) is 10.6. The molecular formula is C20H15N. The molecule has 0 radical (unpaired) electrons.